The van der Waals surface area contributed by atoms with Crippen LogP contribution in [0.1, 0.15) is 48.6 Å². The third-order valence-electron chi connectivity index (χ3n) is 6.53. The number of aryl methyl sites for hydroxylation is 1. The zero-order chi connectivity index (χ0) is 26.4. The highest BCUT2D eigenvalue weighted by Gasteiger charge is 2.47. The van der Waals surface area contributed by atoms with Gasteiger partial charge in [-0.05, 0) is 49.1 Å². The topological polar surface area (TPSA) is 87.7 Å². The van der Waals surface area contributed by atoms with Gasteiger partial charge in [0.2, 0.25) is 11.8 Å². The molecule has 192 valence electrons. The van der Waals surface area contributed by atoms with Gasteiger partial charge in [0.1, 0.15) is 0 Å². The molecule has 0 bridgehead atoms. The summed E-state index contributed by atoms with van der Waals surface area (Å²) in [6.45, 7) is 6.17. The van der Waals surface area contributed by atoms with Crippen LogP contribution < -0.4 is 10.6 Å². The molecule has 1 heterocycles. The Hall–Kier alpha value is -4.13. The molecule has 4 rings (SSSR count). The molecule has 7 heteroatoms. The van der Waals surface area contributed by atoms with Crippen LogP contribution >= 0.6 is 0 Å². The van der Waals surface area contributed by atoms with Crippen LogP contribution in [0.4, 0.5) is 10.5 Å². The SMILES string of the molecule is CCC(C)NC(=O)C1C(c2cccc(NC(=O)Cc3ccccc3)c2)OC(=O)N1Cc1ccc(C)cc1. The third-order valence-corrected chi connectivity index (χ3v) is 6.53. The molecule has 37 heavy (non-hydrogen) atoms. The lowest BCUT2D eigenvalue weighted by molar-refractivity contribution is -0.127. The number of amides is 3. The maximum atomic E-state index is 13.4. The van der Waals surface area contributed by atoms with Gasteiger partial charge in [-0.15, -0.1) is 0 Å². The second-order valence-corrected chi connectivity index (χ2v) is 9.52. The van der Waals surface area contributed by atoms with E-state index in [1.54, 1.807) is 18.2 Å². The van der Waals surface area contributed by atoms with Crippen LogP contribution in [0.15, 0.2) is 78.9 Å². The van der Waals surface area contributed by atoms with Crippen LogP contribution in [0.25, 0.3) is 0 Å². The number of ether oxygens (including phenoxy) is 1. The van der Waals surface area contributed by atoms with E-state index < -0.39 is 18.2 Å². The molecule has 0 aromatic heterocycles. The van der Waals surface area contributed by atoms with Gasteiger partial charge in [0, 0.05) is 11.7 Å². The van der Waals surface area contributed by atoms with E-state index in [-0.39, 0.29) is 30.8 Å². The van der Waals surface area contributed by atoms with E-state index >= 15 is 0 Å². The van der Waals surface area contributed by atoms with Gasteiger partial charge >= 0.3 is 6.09 Å². The van der Waals surface area contributed by atoms with E-state index in [1.807, 2.05) is 81.4 Å². The minimum absolute atomic E-state index is 0.0475. The molecule has 0 radical (unpaired) electrons. The maximum absolute atomic E-state index is 13.4. The summed E-state index contributed by atoms with van der Waals surface area (Å²) in [5, 5.41) is 5.92. The average molecular weight is 500 g/mol. The molecule has 0 aliphatic carbocycles. The van der Waals surface area contributed by atoms with Gasteiger partial charge in [-0.25, -0.2) is 4.79 Å². The van der Waals surface area contributed by atoms with E-state index in [2.05, 4.69) is 10.6 Å². The Labute approximate surface area is 217 Å². The first-order valence-electron chi connectivity index (χ1n) is 12.6. The van der Waals surface area contributed by atoms with Crippen molar-refractivity contribution < 1.29 is 19.1 Å². The van der Waals surface area contributed by atoms with E-state index in [4.69, 9.17) is 4.74 Å². The van der Waals surface area contributed by atoms with Crippen molar-refractivity contribution in [3.05, 3.63) is 101 Å². The first kappa shape index (κ1) is 25.9. The first-order chi connectivity index (χ1) is 17.8. The quantitative estimate of drug-likeness (QED) is 0.426. The van der Waals surface area contributed by atoms with Gasteiger partial charge in [-0.3, -0.25) is 14.5 Å². The lowest BCUT2D eigenvalue weighted by Gasteiger charge is -2.26. The van der Waals surface area contributed by atoms with Crippen LogP contribution in [0.3, 0.4) is 0 Å². The Kier molecular flexibility index (Phi) is 8.23. The molecule has 3 atom stereocenters. The molecule has 2 N–H and O–H groups in total. The Morgan fingerprint density at radius 1 is 0.973 bits per heavy atom. The Balaban J connectivity index is 1.57. The Morgan fingerprint density at radius 2 is 1.70 bits per heavy atom. The number of hydrogen-bond donors (Lipinski definition) is 2. The summed E-state index contributed by atoms with van der Waals surface area (Å²) in [5.41, 5.74) is 4.15. The van der Waals surface area contributed by atoms with Crippen LogP contribution in [-0.2, 0) is 27.3 Å². The number of carbonyl (C=O) groups excluding carboxylic acids is 3. The van der Waals surface area contributed by atoms with E-state index in [1.165, 1.54) is 4.90 Å². The lowest BCUT2D eigenvalue weighted by Crippen LogP contribution is -2.48. The highest BCUT2D eigenvalue weighted by molar-refractivity contribution is 5.92. The van der Waals surface area contributed by atoms with E-state index in [0.717, 1.165) is 23.1 Å². The van der Waals surface area contributed by atoms with Gasteiger partial charge in [0.05, 0.1) is 13.0 Å². The van der Waals surface area contributed by atoms with Gasteiger partial charge in [-0.2, -0.15) is 0 Å². The average Bonchev–Trinajstić information content (AvgIpc) is 3.21. The first-order valence-corrected chi connectivity index (χ1v) is 12.6. The Bertz CT molecular complexity index is 1240. The summed E-state index contributed by atoms with van der Waals surface area (Å²) in [4.78, 5) is 40.5. The molecular formula is C30H33N3O4. The number of carbonyl (C=O) groups is 3. The molecule has 1 aliphatic rings. The van der Waals surface area contributed by atoms with Crippen LogP contribution in [0, 0.1) is 6.92 Å². The van der Waals surface area contributed by atoms with Crippen molar-refractivity contribution in [3.8, 4) is 0 Å². The largest absolute Gasteiger partial charge is 0.438 e. The van der Waals surface area contributed by atoms with Gasteiger partial charge in [0.25, 0.3) is 0 Å². The maximum Gasteiger partial charge on any atom is 0.411 e. The summed E-state index contributed by atoms with van der Waals surface area (Å²) in [6, 6.07) is 23.6. The predicted molar refractivity (Wildman–Crippen MR) is 143 cm³/mol. The fourth-order valence-corrected chi connectivity index (χ4v) is 4.31. The highest BCUT2D eigenvalue weighted by atomic mass is 16.6. The molecule has 3 aromatic carbocycles. The molecule has 7 nitrogen and oxygen atoms in total. The minimum Gasteiger partial charge on any atom is -0.438 e. The van der Waals surface area contributed by atoms with Crippen molar-refractivity contribution in [2.45, 2.75) is 58.3 Å². The number of benzene rings is 3. The van der Waals surface area contributed by atoms with Gasteiger partial charge in [-0.1, -0.05) is 79.2 Å². The summed E-state index contributed by atoms with van der Waals surface area (Å²) in [5.74, 6) is -0.422. The highest BCUT2D eigenvalue weighted by Crippen LogP contribution is 2.35. The second-order valence-electron chi connectivity index (χ2n) is 9.52. The molecule has 1 saturated heterocycles. The minimum atomic E-state index is -0.849. The molecular weight excluding hydrogens is 466 g/mol. The summed E-state index contributed by atoms with van der Waals surface area (Å²) in [6.07, 6.45) is -0.353. The van der Waals surface area contributed by atoms with Crippen molar-refractivity contribution in [2.24, 2.45) is 0 Å². The summed E-state index contributed by atoms with van der Waals surface area (Å²) >= 11 is 0. The van der Waals surface area contributed by atoms with Crippen LogP contribution in [-0.4, -0.2) is 34.9 Å². The number of hydrogen-bond acceptors (Lipinski definition) is 4. The van der Waals surface area contributed by atoms with Gasteiger partial charge in [0.15, 0.2) is 12.1 Å². The monoisotopic (exact) mass is 499 g/mol. The van der Waals surface area contributed by atoms with Gasteiger partial charge < -0.3 is 15.4 Å². The normalized spacial score (nSPS) is 17.7. The molecule has 1 fully saturated rings. The number of nitrogens with one attached hydrogen (secondary N) is 2. The predicted octanol–water partition coefficient (Wildman–Crippen LogP) is 5.15. The number of anilines is 1. The molecule has 0 spiro atoms. The van der Waals surface area contributed by atoms with Crippen LogP contribution in [0.2, 0.25) is 0 Å². The standard InChI is InChI=1S/C30H33N3O4/c1-4-21(3)31-29(35)27-28(37-30(36)33(27)19-23-15-13-20(2)14-16-23)24-11-8-12-25(18-24)32-26(34)17-22-9-6-5-7-10-22/h5-16,18,21,27-28H,4,17,19H2,1-3H3,(H,31,35)(H,32,34). The zero-order valence-electron chi connectivity index (χ0n) is 21.4. The fourth-order valence-electron chi connectivity index (χ4n) is 4.31. The van der Waals surface area contributed by atoms with E-state index in [0.29, 0.717) is 11.3 Å². The Morgan fingerprint density at radius 3 is 2.41 bits per heavy atom. The molecule has 3 unspecified atom stereocenters. The van der Waals surface area contributed by atoms with Crippen molar-refractivity contribution in [2.75, 3.05) is 5.32 Å². The fraction of sp³-hybridized carbons (Fsp3) is 0.300. The number of nitrogens with zero attached hydrogens (tertiary/aromatic N) is 1. The van der Waals surface area contributed by atoms with Crippen molar-refractivity contribution in [1.82, 2.24) is 10.2 Å². The van der Waals surface area contributed by atoms with Crippen LogP contribution in [0.5, 0.6) is 0 Å². The van der Waals surface area contributed by atoms with Crippen molar-refractivity contribution in [3.63, 3.8) is 0 Å². The van der Waals surface area contributed by atoms with E-state index in [9.17, 15) is 14.4 Å². The molecule has 3 amide bonds. The second kappa shape index (κ2) is 11.7. The zero-order valence-corrected chi connectivity index (χ0v) is 21.4. The van der Waals surface area contributed by atoms with Crippen molar-refractivity contribution >= 4 is 23.6 Å². The summed E-state index contributed by atoms with van der Waals surface area (Å²) in [7, 11) is 0. The lowest BCUT2D eigenvalue weighted by atomic mass is 9.99. The number of rotatable bonds is 9. The molecule has 0 saturated carbocycles. The third kappa shape index (κ3) is 6.55. The molecule has 1 aliphatic heterocycles. The smallest absolute Gasteiger partial charge is 0.411 e. The van der Waals surface area contributed by atoms with Crippen molar-refractivity contribution in [1.29, 1.82) is 0 Å². The number of cyclic esters (lactones) is 1. The molecule has 3 aromatic rings. The summed E-state index contributed by atoms with van der Waals surface area (Å²) < 4.78 is 5.77.